The molecule has 2 aromatic rings. The van der Waals surface area contributed by atoms with Crippen molar-refractivity contribution in [3.8, 4) is 0 Å². The number of para-hydroxylation sites is 2. The van der Waals surface area contributed by atoms with Gasteiger partial charge in [0.25, 0.3) is 0 Å². The molecule has 0 unspecified atom stereocenters. The molecule has 1 aliphatic carbocycles. The summed E-state index contributed by atoms with van der Waals surface area (Å²) >= 11 is 5.00. The lowest BCUT2D eigenvalue weighted by Crippen LogP contribution is -2.22. The van der Waals surface area contributed by atoms with E-state index in [1.54, 1.807) is 0 Å². The molecule has 1 heterocycles. The molecule has 0 spiro atoms. The van der Waals surface area contributed by atoms with Crippen LogP contribution in [0.5, 0.6) is 0 Å². The van der Waals surface area contributed by atoms with Gasteiger partial charge in [0.05, 0.1) is 0 Å². The summed E-state index contributed by atoms with van der Waals surface area (Å²) in [7, 11) is 4.18. The molecule has 35 heavy (non-hydrogen) atoms. The molecule has 1 N–H and O–H groups in total. The number of fused-ring (bicyclic) bond motifs is 1. The molecule has 2 nitrogen and oxygen atoms in total. The predicted molar refractivity (Wildman–Crippen MR) is 157 cm³/mol. The average Bonchev–Trinajstić information content (AvgIpc) is 3.04. The Bertz CT molecular complexity index is 1210. The Kier molecular flexibility index (Phi) is 7.38. The van der Waals surface area contributed by atoms with Gasteiger partial charge in [0, 0.05) is 41.5 Å². The predicted octanol–water partition coefficient (Wildman–Crippen LogP) is 8.56. The Labute approximate surface area is 217 Å². The topological polar surface area (TPSA) is 15.3 Å². The number of benzene rings is 2. The van der Waals surface area contributed by atoms with E-state index in [1.165, 1.54) is 45.8 Å². The van der Waals surface area contributed by atoms with Crippen LogP contribution in [0.25, 0.3) is 0 Å². The largest absolute Gasteiger partial charge is 0.388 e. The minimum absolute atomic E-state index is 0.00446. The lowest BCUT2D eigenvalue weighted by molar-refractivity contribution is 0.535. The van der Waals surface area contributed by atoms with Gasteiger partial charge < -0.3 is 10.2 Å². The Morgan fingerprint density at radius 2 is 1.74 bits per heavy atom. The molecule has 3 heteroatoms. The first-order valence-corrected chi connectivity index (χ1v) is 13.2. The van der Waals surface area contributed by atoms with Gasteiger partial charge in [-0.3, -0.25) is 0 Å². The molecule has 0 saturated carbocycles. The van der Waals surface area contributed by atoms with Gasteiger partial charge >= 0.3 is 0 Å². The van der Waals surface area contributed by atoms with Crippen LogP contribution in [0.15, 0.2) is 94.6 Å². The van der Waals surface area contributed by atoms with E-state index in [1.807, 2.05) is 7.05 Å². The number of allylic oxidation sites excluding steroid dienone is 7. The molecular weight excluding hydrogens is 444 g/mol. The van der Waals surface area contributed by atoms with Crippen LogP contribution in [0, 0.1) is 0 Å². The van der Waals surface area contributed by atoms with Crippen LogP contribution in [0.1, 0.15) is 64.5 Å². The van der Waals surface area contributed by atoms with Crippen LogP contribution in [0.2, 0.25) is 0 Å². The third kappa shape index (κ3) is 5.02. The van der Waals surface area contributed by atoms with E-state index in [2.05, 4.69) is 118 Å². The van der Waals surface area contributed by atoms with Gasteiger partial charge in [-0.15, -0.1) is 12.6 Å². The minimum atomic E-state index is -0.00446. The highest BCUT2D eigenvalue weighted by Gasteiger charge is 2.37. The van der Waals surface area contributed by atoms with Gasteiger partial charge in [0.2, 0.25) is 0 Å². The van der Waals surface area contributed by atoms with Gasteiger partial charge in [-0.25, -0.2) is 0 Å². The van der Waals surface area contributed by atoms with Gasteiger partial charge in [-0.05, 0) is 71.6 Å². The quantitative estimate of drug-likeness (QED) is 0.399. The Hall–Kier alpha value is -2.65. The summed E-state index contributed by atoms with van der Waals surface area (Å²) in [6, 6.07) is 17.3. The average molecular weight is 485 g/mol. The maximum atomic E-state index is 5.00. The number of nitrogens with one attached hydrogen (secondary N) is 1. The number of likely N-dealkylation sites (N-methyl/N-ethyl adjacent to an activating group) is 1. The number of hydrogen-bond acceptors (Lipinski definition) is 3. The van der Waals surface area contributed by atoms with Crippen molar-refractivity contribution in [2.75, 3.05) is 24.3 Å². The molecule has 4 rings (SSSR count). The van der Waals surface area contributed by atoms with Crippen molar-refractivity contribution in [1.29, 1.82) is 0 Å². The second-order valence-corrected chi connectivity index (χ2v) is 11.4. The van der Waals surface area contributed by atoms with Crippen LogP contribution in [0.3, 0.4) is 0 Å². The third-order valence-corrected chi connectivity index (χ3v) is 8.33. The van der Waals surface area contributed by atoms with E-state index in [9.17, 15) is 0 Å². The van der Waals surface area contributed by atoms with E-state index < -0.39 is 0 Å². The summed E-state index contributed by atoms with van der Waals surface area (Å²) in [5.41, 5.74) is 9.33. The molecule has 0 saturated heterocycles. The molecule has 0 atom stereocenters. The number of hydrogen-bond donors (Lipinski definition) is 2. The number of anilines is 2. The Morgan fingerprint density at radius 3 is 2.49 bits per heavy atom. The summed E-state index contributed by atoms with van der Waals surface area (Å²) in [6.45, 7) is 9.28. The fourth-order valence-electron chi connectivity index (χ4n) is 5.62. The number of thiol groups is 1. The maximum Gasteiger partial charge on any atom is 0.0447 e. The lowest BCUT2D eigenvalue weighted by atomic mass is 9.80. The van der Waals surface area contributed by atoms with Crippen molar-refractivity contribution in [1.82, 2.24) is 0 Å². The highest BCUT2D eigenvalue weighted by molar-refractivity contribution is 7.84. The summed E-state index contributed by atoms with van der Waals surface area (Å²) in [6.07, 6.45) is 13.6. The number of rotatable bonds is 6. The molecule has 1 aliphatic heterocycles. The second kappa shape index (κ2) is 10.1. The first kappa shape index (κ1) is 25.4. The molecule has 0 aromatic heterocycles. The maximum absolute atomic E-state index is 5.00. The molecule has 2 aliphatic rings. The van der Waals surface area contributed by atoms with Gasteiger partial charge in [0.15, 0.2) is 0 Å². The van der Waals surface area contributed by atoms with E-state index in [4.69, 9.17) is 12.6 Å². The monoisotopic (exact) mass is 484 g/mol. The van der Waals surface area contributed by atoms with Crippen molar-refractivity contribution in [2.24, 2.45) is 0 Å². The second-order valence-electron chi connectivity index (χ2n) is 11.0. The van der Waals surface area contributed by atoms with Crippen molar-refractivity contribution < 1.29 is 0 Å². The van der Waals surface area contributed by atoms with E-state index in [0.717, 1.165) is 24.2 Å². The number of nitrogens with zero attached hydrogens (tertiary/aromatic N) is 1. The summed E-state index contributed by atoms with van der Waals surface area (Å²) in [4.78, 5) is 3.48. The van der Waals surface area contributed by atoms with Gasteiger partial charge in [0.1, 0.15) is 0 Å². The van der Waals surface area contributed by atoms with E-state index in [0.29, 0.717) is 0 Å². The minimum Gasteiger partial charge on any atom is -0.388 e. The fourth-order valence-corrected chi connectivity index (χ4v) is 5.99. The first-order valence-electron chi connectivity index (χ1n) is 12.8. The first-order chi connectivity index (χ1) is 16.7. The lowest BCUT2D eigenvalue weighted by Gasteiger charge is -2.26. The van der Waals surface area contributed by atoms with Crippen LogP contribution >= 0.6 is 12.6 Å². The molecule has 0 amide bonds. The van der Waals surface area contributed by atoms with Crippen LogP contribution in [-0.4, -0.2) is 14.1 Å². The van der Waals surface area contributed by atoms with Gasteiger partial charge in [-0.2, -0.15) is 0 Å². The molecule has 0 radical (unpaired) electrons. The third-order valence-electron chi connectivity index (χ3n) is 7.76. The molecular formula is C32H40N2S. The molecule has 2 aromatic carbocycles. The molecule has 184 valence electrons. The van der Waals surface area contributed by atoms with Crippen molar-refractivity contribution in [2.45, 2.75) is 64.2 Å². The van der Waals surface area contributed by atoms with Crippen LogP contribution in [0.4, 0.5) is 11.4 Å². The summed E-state index contributed by atoms with van der Waals surface area (Å²) in [5.74, 6) is 0. The zero-order chi connectivity index (χ0) is 25.2. The summed E-state index contributed by atoms with van der Waals surface area (Å²) < 4.78 is 0. The van der Waals surface area contributed by atoms with Crippen LogP contribution in [-0.2, 0) is 10.8 Å². The summed E-state index contributed by atoms with van der Waals surface area (Å²) in [5, 5.41) is 3.34. The molecule has 0 fully saturated rings. The Morgan fingerprint density at radius 1 is 1.03 bits per heavy atom. The Balaban J connectivity index is 1.55. The van der Waals surface area contributed by atoms with E-state index >= 15 is 0 Å². The standard InChI is InChI=1S/C32H40N2S/c1-31(2,25-16-7-9-18-27(25)33-5)22-12-15-23-13-11-14-24(30(23)35)20-21-29-32(3,4)26-17-8-10-19-28(26)34(29)6/h7-10,12,15-21,33,35H,11,13-14,22H2,1-6H3. The molecule has 0 bridgehead atoms. The SMILES string of the molecule is CNc1ccccc1C(C)(C)CC=CC1=C(S)C(=CC=C2N(C)c3ccccc3C2(C)C)CCC1. The highest BCUT2D eigenvalue weighted by Crippen LogP contribution is 2.47. The van der Waals surface area contributed by atoms with E-state index in [-0.39, 0.29) is 10.8 Å². The van der Waals surface area contributed by atoms with Gasteiger partial charge in [-0.1, -0.05) is 82.3 Å². The smallest absolute Gasteiger partial charge is 0.0447 e. The van der Waals surface area contributed by atoms with Crippen molar-refractivity contribution in [3.63, 3.8) is 0 Å². The van der Waals surface area contributed by atoms with Crippen LogP contribution < -0.4 is 10.2 Å². The fraction of sp³-hybridized carbons (Fsp3) is 0.375. The zero-order valence-electron chi connectivity index (χ0n) is 22.2. The zero-order valence-corrected chi connectivity index (χ0v) is 23.0. The van der Waals surface area contributed by atoms with Crippen molar-refractivity contribution in [3.05, 3.63) is 106 Å². The van der Waals surface area contributed by atoms with Crippen molar-refractivity contribution >= 4 is 24.0 Å². The normalized spacial score (nSPS) is 20.3. The highest BCUT2D eigenvalue weighted by atomic mass is 32.1.